The number of aromatic nitrogens is 2. The Morgan fingerprint density at radius 2 is 2.05 bits per heavy atom. The number of aryl methyl sites for hydroxylation is 2. The molecule has 0 radical (unpaired) electrons. The zero-order valence-corrected chi connectivity index (χ0v) is 13.1. The van der Waals surface area contributed by atoms with Gasteiger partial charge in [-0.25, -0.2) is 0 Å². The van der Waals surface area contributed by atoms with E-state index in [2.05, 4.69) is 5.10 Å². The molecule has 0 saturated heterocycles. The Bertz CT molecular complexity index is 545. The van der Waals surface area contributed by atoms with Crippen molar-refractivity contribution in [3.05, 3.63) is 21.5 Å². The average Bonchev–Trinajstić information content (AvgIpc) is 2.58. The third-order valence-electron chi connectivity index (χ3n) is 3.11. The van der Waals surface area contributed by atoms with Crippen molar-refractivity contribution < 1.29 is 14.8 Å². The predicted octanol–water partition coefficient (Wildman–Crippen LogP) is 1.03. The van der Waals surface area contributed by atoms with Gasteiger partial charge in [0.2, 0.25) is 5.91 Å². The molecule has 1 N–H and O–H groups in total. The van der Waals surface area contributed by atoms with Gasteiger partial charge in [-0.05, 0) is 27.7 Å². The normalized spacial score (nSPS) is 11.5. The molecule has 0 aliphatic heterocycles. The summed E-state index contributed by atoms with van der Waals surface area (Å²) in [6.45, 7) is 6.94. The van der Waals surface area contributed by atoms with Crippen molar-refractivity contribution in [2.45, 2.75) is 46.3 Å². The Kier molecular flexibility index (Phi) is 5.06. The summed E-state index contributed by atoms with van der Waals surface area (Å²) in [6, 6.07) is 0. The molecule has 1 rings (SSSR count). The van der Waals surface area contributed by atoms with E-state index in [1.54, 1.807) is 34.7 Å². The molecule has 0 spiro atoms. The van der Waals surface area contributed by atoms with Crippen LogP contribution in [0.3, 0.4) is 0 Å². The summed E-state index contributed by atoms with van der Waals surface area (Å²) in [5.74, 6) is -0.146. The van der Waals surface area contributed by atoms with Crippen LogP contribution in [0.15, 0.2) is 0 Å². The minimum Gasteiger partial charge on any atom is -0.389 e. The second-order valence-electron chi connectivity index (χ2n) is 5.81. The van der Waals surface area contributed by atoms with Gasteiger partial charge in [-0.1, -0.05) is 0 Å². The molecule has 0 aliphatic rings. The monoisotopic (exact) mass is 298 g/mol. The zero-order valence-electron chi connectivity index (χ0n) is 13.1. The molecule has 1 aromatic rings. The van der Waals surface area contributed by atoms with E-state index in [-0.39, 0.29) is 31.1 Å². The van der Waals surface area contributed by atoms with Crippen molar-refractivity contribution in [3.63, 3.8) is 0 Å². The third-order valence-corrected chi connectivity index (χ3v) is 3.11. The molecule has 118 valence electrons. The molecule has 1 amide bonds. The number of hydrogen-bond donors (Lipinski definition) is 1. The summed E-state index contributed by atoms with van der Waals surface area (Å²) in [5.41, 5.74) is -0.181. The number of amides is 1. The van der Waals surface area contributed by atoms with Crippen molar-refractivity contribution in [2.24, 2.45) is 0 Å². The maximum Gasteiger partial charge on any atom is 0.312 e. The maximum absolute atomic E-state index is 12.0. The number of nitrogens with zero attached hydrogens (tertiary/aromatic N) is 4. The molecule has 1 heterocycles. The Morgan fingerprint density at radius 3 is 2.48 bits per heavy atom. The molecular formula is C13H22N4O4. The first kappa shape index (κ1) is 17.1. The number of hydrogen-bond acceptors (Lipinski definition) is 5. The Hall–Kier alpha value is -1.96. The molecule has 0 bridgehead atoms. The predicted molar refractivity (Wildman–Crippen MR) is 76.9 cm³/mol. The fraction of sp³-hybridized carbons (Fsp3) is 0.692. The molecule has 0 aliphatic carbocycles. The van der Waals surface area contributed by atoms with Crippen molar-refractivity contribution in [1.82, 2.24) is 14.7 Å². The van der Waals surface area contributed by atoms with Crippen LogP contribution in [-0.2, 0) is 11.3 Å². The van der Waals surface area contributed by atoms with Crippen LogP contribution in [0.4, 0.5) is 5.69 Å². The first-order valence-electron chi connectivity index (χ1n) is 6.67. The number of likely N-dealkylation sites (N-methyl/N-ethyl adjacent to an activating group) is 1. The summed E-state index contributed by atoms with van der Waals surface area (Å²) in [4.78, 5) is 23.9. The lowest BCUT2D eigenvalue weighted by atomic mass is 10.1. The molecule has 21 heavy (non-hydrogen) atoms. The number of carbonyl (C=O) groups excluding carboxylic acids is 1. The summed E-state index contributed by atoms with van der Waals surface area (Å²) in [5, 5.41) is 24.7. The molecule has 0 aromatic carbocycles. The van der Waals surface area contributed by atoms with Crippen LogP contribution in [0.1, 0.15) is 31.7 Å². The standard InChI is InChI=1S/C13H22N4O4/c1-9-12(17(20)21)10(2)16(14-9)7-6-11(18)15(5)8-13(3,4)19/h19H,6-8H2,1-5H3. The summed E-state index contributed by atoms with van der Waals surface area (Å²) in [6.07, 6.45) is 0.172. The Labute approximate surface area is 123 Å². The highest BCUT2D eigenvalue weighted by atomic mass is 16.6. The number of aliphatic hydroxyl groups is 1. The highest BCUT2D eigenvalue weighted by Gasteiger charge is 2.23. The Morgan fingerprint density at radius 1 is 1.48 bits per heavy atom. The maximum atomic E-state index is 12.0. The van der Waals surface area contributed by atoms with Crippen LogP contribution in [0.25, 0.3) is 0 Å². The van der Waals surface area contributed by atoms with Crippen molar-refractivity contribution >= 4 is 11.6 Å². The second kappa shape index (κ2) is 6.21. The van der Waals surface area contributed by atoms with Gasteiger partial charge in [0, 0.05) is 20.0 Å². The number of nitro groups is 1. The van der Waals surface area contributed by atoms with E-state index in [0.29, 0.717) is 11.4 Å². The van der Waals surface area contributed by atoms with Crippen LogP contribution >= 0.6 is 0 Å². The molecule has 0 atom stereocenters. The largest absolute Gasteiger partial charge is 0.389 e. The van der Waals surface area contributed by atoms with E-state index < -0.39 is 10.5 Å². The molecule has 8 nitrogen and oxygen atoms in total. The molecular weight excluding hydrogens is 276 g/mol. The molecule has 8 heteroatoms. The second-order valence-corrected chi connectivity index (χ2v) is 5.81. The topological polar surface area (TPSA) is 102 Å². The van der Waals surface area contributed by atoms with Gasteiger partial charge in [-0.3, -0.25) is 19.6 Å². The summed E-state index contributed by atoms with van der Waals surface area (Å²) >= 11 is 0. The fourth-order valence-corrected chi connectivity index (χ4v) is 2.23. The molecule has 1 aromatic heterocycles. The third kappa shape index (κ3) is 4.52. The lowest BCUT2D eigenvalue weighted by Gasteiger charge is -2.25. The van der Waals surface area contributed by atoms with Gasteiger partial charge >= 0.3 is 5.69 Å². The average molecular weight is 298 g/mol. The van der Waals surface area contributed by atoms with Gasteiger partial charge in [0.05, 0.1) is 17.1 Å². The van der Waals surface area contributed by atoms with Crippen LogP contribution < -0.4 is 0 Å². The van der Waals surface area contributed by atoms with E-state index >= 15 is 0 Å². The highest BCUT2D eigenvalue weighted by Crippen LogP contribution is 2.21. The number of rotatable bonds is 6. The molecule has 0 unspecified atom stereocenters. The van der Waals surface area contributed by atoms with E-state index in [1.165, 1.54) is 9.58 Å². The van der Waals surface area contributed by atoms with Crippen LogP contribution in [0.5, 0.6) is 0 Å². The van der Waals surface area contributed by atoms with E-state index in [0.717, 1.165) is 0 Å². The van der Waals surface area contributed by atoms with Gasteiger partial charge < -0.3 is 10.0 Å². The minimum atomic E-state index is -0.957. The summed E-state index contributed by atoms with van der Waals surface area (Å²) in [7, 11) is 1.62. The van der Waals surface area contributed by atoms with Gasteiger partial charge in [0.25, 0.3) is 0 Å². The minimum absolute atomic E-state index is 0.00713. The lowest BCUT2D eigenvalue weighted by Crippen LogP contribution is -2.40. The van der Waals surface area contributed by atoms with Crippen molar-refractivity contribution in [3.8, 4) is 0 Å². The van der Waals surface area contributed by atoms with E-state index in [1.807, 2.05) is 0 Å². The van der Waals surface area contributed by atoms with Crippen LogP contribution in [0.2, 0.25) is 0 Å². The Balaban J connectivity index is 2.70. The van der Waals surface area contributed by atoms with Gasteiger partial charge in [0.1, 0.15) is 11.4 Å². The van der Waals surface area contributed by atoms with Gasteiger partial charge in [-0.2, -0.15) is 5.10 Å². The first-order chi connectivity index (χ1) is 9.53. The first-order valence-corrected chi connectivity index (χ1v) is 6.67. The van der Waals surface area contributed by atoms with E-state index in [4.69, 9.17) is 0 Å². The quantitative estimate of drug-likeness (QED) is 0.624. The summed E-state index contributed by atoms with van der Waals surface area (Å²) < 4.78 is 1.48. The SMILES string of the molecule is Cc1nn(CCC(=O)N(C)CC(C)(C)O)c(C)c1[N+](=O)[O-]. The molecule has 0 fully saturated rings. The van der Waals surface area contributed by atoms with Gasteiger partial charge in [0.15, 0.2) is 0 Å². The van der Waals surface area contributed by atoms with Crippen molar-refractivity contribution in [2.75, 3.05) is 13.6 Å². The zero-order chi connectivity index (χ0) is 16.4. The van der Waals surface area contributed by atoms with Crippen LogP contribution in [0, 0.1) is 24.0 Å². The smallest absolute Gasteiger partial charge is 0.312 e. The highest BCUT2D eigenvalue weighted by molar-refractivity contribution is 5.75. The molecule has 0 saturated carbocycles. The number of carbonyl (C=O) groups is 1. The lowest BCUT2D eigenvalue weighted by molar-refractivity contribution is -0.386. The van der Waals surface area contributed by atoms with Gasteiger partial charge in [-0.15, -0.1) is 0 Å². The van der Waals surface area contributed by atoms with E-state index in [9.17, 15) is 20.0 Å². The fourth-order valence-electron chi connectivity index (χ4n) is 2.23. The van der Waals surface area contributed by atoms with Crippen LogP contribution in [-0.4, -0.2) is 49.8 Å². The van der Waals surface area contributed by atoms with Crippen molar-refractivity contribution in [1.29, 1.82) is 0 Å².